The second-order valence-electron chi connectivity index (χ2n) is 3.78. The van der Waals surface area contributed by atoms with E-state index in [0.29, 0.717) is 11.7 Å². The van der Waals surface area contributed by atoms with E-state index in [9.17, 15) is 0 Å². The van der Waals surface area contributed by atoms with Gasteiger partial charge in [0.25, 0.3) is 5.89 Å². The third kappa shape index (κ3) is 1.78. The van der Waals surface area contributed by atoms with E-state index < -0.39 is 0 Å². The molecule has 1 aromatic carbocycles. The van der Waals surface area contributed by atoms with Crippen LogP contribution >= 0.6 is 0 Å². The average Bonchev–Trinajstić information content (AvgIpc) is 2.65. The number of nitrogens with zero attached hydrogens (tertiary/aromatic N) is 2. The van der Waals surface area contributed by atoms with E-state index in [4.69, 9.17) is 9.26 Å². The minimum Gasteiger partial charge on any atom is -0.496 e. The molecule has 4 heteroatoms. The molecule has 1 aromatic heterocycles. The molecule has 0 saturated carbocycles. The van der Waals surface area contributed by atoms with Crippen molar-refractivity contribution in [3.8, 4) is 17.2 Å². The summed E-state index contributed by atoms with van der Waals surface area (Å²) in [4.78, 5) is 4.21. The quantitative estimate of drug-likeness (QED) is 0.777. The molecule has 0 radical (unpaired) electrons. The van der Waals surface area contributed by atoms with Crippen molar-refractivity contribution in [3.63, 3.8) is 0 Å². The maximum atomic E-state index is 5.28. The summed E-state index contributed by atoms with van der Waals surface area (Å²) >= 11 is 0. The van der Waals surface area contributed by atoms with Gasteiger partial charge in [0.15, 0.2) is 5.82 Å². The summed E-state index contributed by atoms with van der Waals surface area (Å²) in [5.74, 6) is 2.00. The molecule has 16 heavy (non-hydrogen) atoms. The molecule has 0 aliphatic carbocycles. The molecule has 0 spiro atoms. The fraction of sp³-hybridized carbons (Fsp3) is 0.333. The first-order valence-corrected chi connectivity index (χ1v) is 5.07. The molecule has 0 N–H and O–H groups in total. The number of methoxy groups -OCH3 is 1. The monoisotopic (exact) mass is 218 g/mol. The molecule has 0 amide bonds. The van der Waals surface area contributed by atoms with Crippen LogP contribution < -0.4 is 4.74 Å². The SMILES string of the molecule is COc1cc(-c2nc(C)no2)c(C)cc1C. The zero-order valence-corrected chi connectivity index (χ0v) is 9.87. The molecule has 0 saturated heterocycles. The normalized spacial score (nSPS) is 10.5. The Morgan fingerprint density at radius 2 is 1.88 bits per heavy atom. The van der Waals surface area contributed by atoms with Crippen molar-refractivity contribution in [2.75, 3.05) is 7.11 Å². The highest BCUT2D eigenvalue weighted by molar-refractivity contribution is 5.62. The van der Waals surface area contributed by atoms with Crippen molar-refractivity contribution in [2.45, 2.75) is 20.8 Å². The Bertz CT molecular complexity index is 518. The van der Waals surface area contributed by atoms with Gasteiger partial charge in [0.1, 0.15) is 5.75 Å². The number of hydrogen-bond acceptors (Lipinski definition) is 4. The van der Waals surface area contributed by atoms with Gasteiger partial charge in [-0.25, -0.2) is 0 Å². The van der Waals surface area contributed by atoms with E-state index in [-0.39, 0.29) is 0 Å². The Morgan fingerprint density at radius 1 is 1.12 bits per heavy atom. The Kier molecular flexibility index (Phi) is 2.64. The van der Waals surface area contributed by atoms with Gasteiger partial charge in [0.2, 0.25) is 0 Å². The summed E-state index contributed by atoms with van der Waals surface area (Å²) < 4.78 is 10.4. The minimum atomic E-state index is 0.535. The Balaban J connectivity index is 2.56. The van der Waals surface area contributed by atoms with E-state index in [2.05, 4.69) is 10.1 Å². The van der Waals surface area contributed by atoms with Crippen LogP contribution in [0.3, 0.4) is 0 Å². The van der Waals surface area contributed by atoms with Crippen LogP contribution in [0.15, 0.2) is 16.7 Å². The highest BCUT2D eigenvalue weighted by Crippen LogP contribution is 2.29. The fourth-order valence-corrected chi connectivity index (χ4v) is 1.69. The van der Waals surface area contributed by atoms with Crippen molar-refractivity contribution < 1.29 is 9.26 Å². The lowest BCUT2D eigenvalue weighted by molar-refractivity contribution is 0.409. The topological polar surface area (TPSA) is 48.2 Å². The average molecular weight is 218 g/mol. The van der Waals surface area contributed by atoms with Crippen molar-refractivity contribution in [1.29, 1.82) is 0 Å². The lowest BCUT2D eigenvalue weighted by Crippen LogP contribution is -1.91. The van der Waals surface area contributed by atoms with E-state index in [1.54, 1.807) is 14.0 Å². The second-order valence-corrected chi connectivity index (χ2v) is 3.78. The maximum absolute atomic E-state index is 5.28. The minimum absolute atomic E-state index is 0.535. The highest BCUT2D eigenvalue weighted by atomic mass is 16.5. The lowest BCUT2D eigenvalue weighted by Gasteiger charge is -2.08. The van der Waals surface area contributed by atoms with Crippen LogP contribution in [0.1, 0.15) is 17.0 Å². The number of hydrogen-bond donors (Lipinski definition) is 0. The predicted octanol–water partition coefficient (Wildman–Crippen LogP) is 2.67. The van der Waals surface area contributed by atoms with E-state index in [1.807, 2.05) is 26.0 Å². The van der Waals surface area contributed by atoms with Crippen LogP contribution in [0, 0.1) is 20.8 Å². The standard InChI is InChI=1S/C12H14N2O2/c1-7-5-8(2)11(15-4)6-10(7)12-13-9(3)14-16-12/h5-6H,1-4H3. The molecule has 0 aliphatic rings. The van der Waals surface area contributed by atoms with Gasteiger partial charge in [0.05, 0.1) is 7.11 Å². The van der Waals surface area contributed by atoms with Gasteiger partial charge in [-0.2, -0.15) is 4.98 Å². The van der Waals surface area contributed by atoms with Gasteiger partial charge in [-0.1, -0.05) is 11.2 Å². The molecule has 0 atom stereocenters. The predicted molar refractivity (Wildman–Crippen MR) is 60.5 cm³/mol. The number of aryl methyl sites for hydroxylation is 3. The molecule has 4 nitrogen and oxygen atoms in total. The Morgan fingerprint density at radius 3 is 2.44 bits per heavy atom. The smallest absolute Gasteiger partial charge is 0.258 e. The zero-order valence-electron chi connectivity index (χ0n) is 9.87. The summed E-state index contributed by atoms with van der Waals surface area (Å²) in [7, 11) is 1.65. The summed E-state index contributed by atoms with van der Waals surface area (Å²) in [6.45, 7) is 5.82. The lowest BCUT2D eigenvalue weighted by atomic mass is 10.0. The molecule has 0 aliphatic heterocycles. The molecule has 0 fully saturated rings. The number of ether oxygens (including phenoxy) is 1. The van der Waals surface area contributed by atoms with Gasteiger partial charge in [-0.15, -0.1) is 0 Å². The molecule has 0 unspecified atom stereocenters. The van der Waals surface area contributed by atoms with Crippen molar-refractivity contribution in [2.24, 2.45) is 0 Å². The van der Waals surface area contributed by atoms with Gasteiger partial charge in [0, 0.05) is 5.56 Å². The van der Waals surface area contributed by atoms with E-state index >= 15 is 0 Å². The fourth-order valence-electron chi connectivity index (χ4n) is 1.69. The van der Waals surface area contributed by atoms with Crippen molar-refractivity contribution in [1.82, 2.24) is 10.1 Å². The first-order chi connectivity index (χ1) is 7.61. The van der Waals surface area contributed by atoms with Crippen LogP contribution in [0.2, 0.25) is 0 Å². The summed E-state index contributed by atoms with van der Waals surface area (Å²) in [6.07, 6.45) is 0. The van der Waals surface area contributed by atoms with Gasteiger partial charge >= 0.3 is 0 Å². The molecule has 1 heterocycles. The van der Waals surface area contributed by atoms with Crippen LogP contribution in [-0.2, 0) is 0 Å². The zero-order chi connectivity index (χ0) is 11.7. The van der Waals surface area contributed by atoms with Crippen LogP contribution in [0.25, 0.3) is 11.5 Å². The van der Waals surface area contributed by atoms with E-state index in [1.165, 1.54) is 0 Å². The summed E-state index contributed by atoms with van der Waals surface area (Å²) in [5, 5.41) is 3.79. The first kappa shape index (κ1) is 10.7. The number of rotatable bonds is 2. The Hall–Kier alpha value is -1.84. The molecular formula is C12H14N2O2. The molecule has 2 rings (SSSR count). The molecular weight excluding hydrogens is 204 g/mol. The molecule has 2 aromatic rings. The van der Waals surface area contributed by atoms with Crippen LogP contribution in [-0.4, -0.2) is 17.3 Å². The highest BCUT2D eigenvalue weighted by Gasteiger charge is 2.12. The number of aromatic nitrogens is 2. The largest absolute Gasteiger partial charge is 0.496 e. The van der Waals surface area contributed by atoms with Gasteiger partial charge < -0.3 is 9.26 Å². The number of benzene rings is 1. The Labute approximate surface area is 94.2 Å². The summed E-state index contributed by atoms with van der Waals surface area (Å²) in [5.41, 5.74) is 3.12. The first-order valence-electron chi connectivity index (χ1n) is 5.07. The summed E-state index contributed by atoms with van der Waals surface area (Å²) in [6, 6.07) is 3.98. The molecule has 0 bridgehead atoms. The third-order valence-corrected chi connectivity index (χ3v) is 2.50. The van der Waals surface area contributed by atoms with E-state index in [0.717, 1.165) is 22.4 Å². The van der Waals surface area contributed by atoms with Crippen molar-refractivity contribution >= 4 is 0 Å². The third-order valence-electron chi connectivity index (χ3n) is 2.50. The van der Waals surface area contributed by atoms with Crippen molar-refractivity contribution in [3.05, 3.63) is 29.1 Å². The maximum Gasteiger partial charge on any atom is 0.258 e. The second kappa shape index (κ2) is 3.96. The molecule has 84 valence electrons. The van der Waals surface area contributed by atoms with Crippen LogP contribution in [0.4, 0.5) is 0 Å². The van der Waals surface area contributed by atoms with Crippen LogP contribution in [0.5, 0.6) is 5.75 Å². The van der Waals surface area contributed by atoms with Gasteiger partial charge in [-0.3, -0.25) is 0 Å². The van der Waals surface area contributed by atoms with Gasteiger partial charge in [-0.05, 0) is 38.0 Å².